The van der Waals surface area contributed by atoms with Crippen LogP contribution in [0.25, 0.3) is 0 Å². The molecule has 1 unspecified atom stereocenters. The third-order valence-electron chi connectivity index (χ3n) is 0.616. The van der Waals surface area contributed by atoms with E-state index in [1.165, 1.54) is 0 Å². The van der Waals surface area contributed by atoms with E-state index in [4.69, 9.17) is 5.73 Å². The molecule has 0 rings (SSSR count). The van der Waals surface area contributed by atoms with E-state index >= 15 is 0 Å². The van der Waals surface area contributed by atoms with Crippen LogP contribution >= 0.6 is 9.24 Å². The molecule has 1 atom stereocenters. The zero-order chi connectivity index (χ0) is 6.57. The van der Waals surface area contributed by atoms with Crippen LogP contribution in [0.5, 0.6) is 0 Å². The molecule has 0 aliphatic carbocycles. The second kappa shape index (κ2) is 3.56. The summed E-state index contributed by atoms with van der Waals surface area (Å²) >= 11 is 0. The highest BCUT2D eigenvalue weighted by Crippen LogP contribution is 1.89. The van der Waals surface area contributed by atoms with Crippen molar-refractivity contribution in [1.29, 1.82) is 0 Å². The average molecular weight is 132 g/mol. The first-order valence-electron chi connectivity index (χ1n) is 2.29. The highest BCUT2D eigenvalue weighted by molar-refractivity contribution is 7.40. The van der Waals surface area contributed by atoms with E-state index in [0.29, 0.717) is 12.3 Å². The van der Waals surface area contributed by atoms with E-state index in [9.17, 15) is 4.79 Å². The van der Waals surface area contributed by atoms with Gasteiger partial charge in [-0.1, -0.05) is 6.92 Å². The molecular weight excluding hydrogens is 123 g/mol. The van der Waals surface area contributed by atoms with Crippen molar-refractivity contribution < 1.29 is 4.79 Å². The van der Waals surface area contributed by atoms with E-state index in [1.54, 1.807) is 0 Å². The molecular formula is C4H9N2OP. The Morgan fingerprint density at radius 1 is 1.88 bits per heavy atom. The summed E-state index contributed by atoms with van der Waals surface area (Å²) in [6.45, 7) is 1.84. The summed E-state index contributed by atoms with van der Waals surface area (Å²) in [6, 6.07) is 0. The van der Waals surface area contributed by atoms with Gasteiger partial charge in [0.2, 0.25) is 0 Å². The topological polar surface area (TPSA) is 55.4 Å². The number of nitrogens with zero attached hydrogens (tertiary/aromatic N) is 1. The smallest absolute Gasteiger partial charge is 0.261 e. The summed E-state index contributed by atoms with van der Waals surface area (Å²) in [6.07, 6.45) is 0.625. The summed E-state index contributed by atoms with van der Waals surface area (Å²) in [5.41, 5.74) is 4.87. The summed E-state index contributed by atoms with van der Waals surface area (Å²) in [4.78, 5) is 13.5. The SMILES string of the molecule is CCC(N)=NC(=O)P. The summed E-state index contributed by atoms with van der Waals surface area (Å²) in [5.74, 6) is 0.380. The van der Waals surface area contributed by atoms with Crippen molar-refractivity contribution in [2.45, 2.75) is 13.3 Å². The quantitative estimate of drug-likeness (QED) is 0.325. The lowest BCUT2D eigenvalue weighted by Gasteiger charge is -1.88. The molecule has 8 heavy (non-hydrogen) atoms. The van der Waals surface area contributed by atoms with Crippen molar-refractivity contribution in [2.24, 2.45) is 10.7 Å². The van der Waals surface area contributed by atoms with Crippen molar-refractivity contribution in [3.63, 3.8) is 0 Å². The Kier molecular flexibility index (Phi) is 3.37. The molecule has 0 saturated heterocycles. The van der Waals surface area contributed by atoms with Crippen molar-refractivity contribution in [3.05, 3.63) is 0 Å². The van der Waals surface area contributed by atoms with Crippen LogP contribution in [0.15, 0.2) is 4.99 Å². The molecule has 46 valence electrons. The maximum absolute atomic E-state index is 10.1. The van der Waals surface area contributed by atoms with Crippen molar-refractivity contribution in [2.75, 3.05) is 0 Å². The van der Waals surface area contributed by atoms with Gasteiger partial charge in [0.15, 0.2) is 0 Å². The molecule has 2 N–H and O–H groups in total. The van der Waals surface area contributed by atoms with Gasteiger partial charge in [-0.3, -0.25) is 4.79 Å². The normalized spacial score (nSPS) is 11.5. The molecule has 0 spiro atoms. The van der Waals surface area contributed by atoms with E-state index in [1.807, 2.05) is 16.2 Å². The van der Waals surface area contributed by atoms with Crippen LogP contribution in [0.4, 0.5) is 4.79 Å². The zero-order valence-corrected chi connectivity index (χ0v) is 5.87. The van der Waals surface area contributed by atoms with Gasteiger partial charge in [0.05, 0.1) is 0 Å². The lowest BCUT2D eigenvalue weighted by Crippen LogP contribution is -2.10. The zero-order valence-electron chi connectivity index (χ0n) is 4.72. The van der Waals surface area contributed by atoms with Crippen LogP contribution in [0.1, 0.15) is 13.3 Å². The van der Waals surface area contributed by atoms with E-state index in [2.05, 4.69) is 4.99 Å². The summed E-state index contributed by atoms with van der Waals surface area (Å²) in [7, 11) is 1.92. The van der Waals surface area contributed by atoms with Gasteiger partial charge in [0, 0.05) is 6.42 Å². The minimum atomic E-state index is -0.315. The summed E-state index contributed by atoms with van der Waals surface area (Å²) < 4.78 is 0. The number of amidine groups is 1. The van der Waals surface area contributed by atoms with Gasteiger partial charge in [-0.25, -0.2) is 0 Å². The minimum Gasteiger partial charge on any atom is -0.387 e. The molecule has 0 aliphatic heterocycles. The Bertz CT molecular complexity index is 121. The number of rotatable bonds is 1. The van der Waals surface area contributed by atoms with E-state index < -0.39 is 0 Å². The van der Waals surface area contributed by atoms with Gasteiger partial charge in [-0.15, -0.1) is 0 Å². The highest BCUT2D eigenvalue weighted by atomic mass is 31.0. The van der Waals surface area contributed by atoms with Gasteiger partial charge < -0.3 is 5.73 Å². The molecule has 0 heterocycles. The van der Waals surface area contributed by atoms with Crippen molar-refractivity contribution in [3.8, 4) is 0 Å². The third-order valence-corrected chi connectivity index (χ3v) is 0.745. The first-order valence-corrected chi connectivity index (χ1v) is 2.87. The van der Waals surface area contributed by atoms with Crippen LogP contribution in [0.2, 0.25) is 0 Å². The van der Waals surface area contributed by atoms with Crippen LogP contribution in [0.3, 0.4) is 0 Å². The fraction of sp³-hybridized carbons (Fsp3) is 0.500. The fourth-order valence-corrected chi connectivity index (χ4v) is 0.386. The second-order valence-corrected chi connectivity index (χ2v) is 1.79. The number of amides is 1. The monoisotopic (exact) mass is 132 g/mol. The van der Waals surface area contributed by atoms with Crippen LogP contribution in [-0.2, 0) is 0 Å². The van der Waals surface area contributed by atoms with Gasteiger partial charge in [0.1, 0.15) is 5.84 Å². The Hall–Kier alpha value is -0.430. The maximum atomic E-state index is 10.1. The number of hydrogen-bond acceptors (Lipinski definition) is 1. The number of nitrogens with two attached hydrogens (primary N) is 1. The van der Waals surface area contributed by atoms with Gasteiger partial charge in [-0.05, 0) is 9.24 Å². The van der Waals surface area contributed by atoms with Crippen LogP contribution < -0.4 is 5.73 Å². The van der Waals surface area contributed by atoms with E-state index in [-0.39, 0.29) is 5.65 Å². The molecule has 0 fully saturated rings. The van der Waals surface area contributed by atoms with Gasteiger partial charge in [-0.2, -0.15) is 4.99 Å². The fourth-order valence-electron chi connectivity index (χ4n) is 0.221. The summed E-state index contributed by atoms with van der Waals surface area (Å²) in [5, 5.41) is 0. The lowest BCUT2D eigenvalue weighted by molar-refractivity contribution is 0.267. The van der Waals surface area contributed by atoms with Gasteiger partial charge >= 0.3 is 0 Å². The Balaban J connectivity index is 3.75. The number of hydrogen-bond donors (Lipinski definition) is 1. The molecule has 0 bridgehead atoms. The predicted molar refractivity (Wildman–Crippen MR) is 37.0 cm³/mol. The minimum absolute atomic E-state index is 0.315. The molecule has 0 aliphatic rings. The third kappa shape index (κ3) is 3.75. The first-order chi connectivity index (χ1) is 3.66. The number of carbonyl (C=O) groups excluding carboxylic acids is 1. The van der Waals surface area contributed by atoms with Crippen LogP contribution in [-0.4, -0.2) is 11.5 Å². The number of aliphatic imine (C=N–C) groups is 1. The molecule has 1 amide bonds. The van der Waals surface area contributed by atoms with Gasteiger partial charge in [0.25, 0.3) is 5.65 Å². The number of carbonyl (C=O) groups is 1. The second-order valence-electron chi connectivity index (χ2n) is 1.29. The molecule has 0 aromatic rings. The van der Waals surface area contributed by atoms with Crippen molar-refractivity contribution in [1.82, 2.24) is 0 Å². The largest absolute Gasteiger partial charge is 0.387 e. The Labute approximate surface area is 50.6 Å². The maximum Gasteiger partial charge on any atom is 0.261 e. The highest BCUT2D eigenvalue weighted by Gasteiger charge is 1.87. The molecule has 0 aromatic heterocycles. The molecule has 3 nitrogen and oxygen atoms in total. The Morgan fingerprint density at radius 2 is 2.38 bits per heavy atom. The standard InChI is InChI=1S/C4H9N2OP/c1-2-3(5)6-4(7)8/h2,8H2,1H3,(H2,5,6,7). The average Bonchev–Trinajstić information content (AvgIpc) is 1.65. The lowest BCUT2D eigenvalue weighted by atomic mass is 10.5. The molecule has 4 heteroatoms. The molecule has 0 aromatic carbocycles. The Morgan fingerprint density at radius 3 is 2.50 bits per heavy atom. The first kappa shape index (κ1) is 7.57. The van der Waals surface area contributed by atoms with Crippen molar-refractivity contribution >= 4 is 20.7 Å². The molecule has 0 radical (unpaired) electrons. The molecule has 0 saturated carbocycles. The van der Waals surface area contributed by atoms with Crippen LogP contribution in [0, 0.1) is 0 Å². The predicted octanol–water partition coefficient (Wildman–Crippen LogP) is 0.749. The van der Waals surface area contributed by atoms with E-state index in [0.717, 1.165) is 0 Å².